The van der Waals surface area contributed by atoms with Gasteiger partial charge in [0.25, 0.3) is 17.4 Å². The maximum absolute atomic E-state index is 13.2. The number of carbonyl (C=O) groups is 2. The number of Topliss-reactive ketones (excluding diaryl/α,β-unsaturated/α-hetero) is 1. The number of benzene rings is 2. The Balaban J connectivity index is 1.78. The van der Waals surface area contributed by atoms with Crippen LogP contribution in [0.1, 0.15) is 28.3 Å². The van der Waals surface area contributed by atoms with Crippen molar-refractivity contribution in [3.8, 4) is 0 Å². The van der Waals surface area contributed by atoms with Crippen LogP contribution in [0.3, 0.4) is 0 Å². The second-order valence-corrected chi connectivity index (χ2v) is 8.61. The predicted molar refractivity (Wildman–Crippen MR) is 125 cm³/mol. The summed E-state index contributed by atoms with van der Waals surface area (Å²) >= 11 is 0. The van der Waals surface area contributed by atoms with E-state index in [0.717, 1.165) is 24.2 Å². The number of amides is 1. The van der Waals surface area contributed by atoms with Crippen LogP contribution < -0.4 is 0 Å². The minimum absolute atomic E-state index is 0.00506. The summed E-state index contributed by atoms with van der Waals surface area (Å²) in [5.41, 5.74) is 2.58. The van der Waals surface area contributed by atoms with Crippen molar-refractivity contribution < 1.29 is 24.4 Å². The molecule has 0 saturated carbocycles. The highest BCUT2D eigenvalue weighted by atomic mass is 16.6. The van der Waals surface area contributed by atoms with E-state index < -0.39 is 22.7 Å². The van der Waals surface area contributed by atoms with Crippen molar-refractivity contribution in [1.82, 2.24) is 9.80 Å². The van der Waals surface area contributed by atoms with Gasteiger partial charge in [0, 0.05) is 43.9 Å². The SMILES string of the molecule is Cc1ccc(C)c(C(O)=C2C(=O)C(=O)N(CCN3CCOCC3)C2c2ccc([N+](=O)[O-])cc2)c1. The molecule has 2 aromatic rings. The van der Waals surface area contributed by atoms with Crippen molar-refractivity contribution in [2.24, 2.45) is 0 Å². The number of ether oxygens (including phenoxy) is 1. The van der Waals surface area contributed by atoms with E-state index in [4.69, 9.17) is 4.74 Å². The van der Waals surface area contributed by atoms with Gasteiger partial charge in [-0.3, -0.25) is 24.6 Å². The van der Waals surface area contributed by atoms with Crippen LogP contribution in [0.5, 0.6) is 0 Å². The zero-order valence-corrected chi connectivity index (χ0v) is 19.2. The molecule has 0 spiro atoms. The quantitative estimate of drug-likeness (QED) is 0.229. The molecule has 1 atom stereocenters. The largest absolute Gasteiger partial charge is 0.507 e. The fourth-order valence-corrected chi connectivity index (χ4v) is 4.45. The van der Waals surface area contributed by atoms with Gasteiger partial charge in [-0.15, -0.1) is 0 Å². The highest BCUT2D eigenvalue weighted by Crippen LogP contribution is 2.40. The van der Waals surface area contributed by atoms with Crippen LogP contribution in [0.25, 0.3) is 5.76 Å². The number of carbonyl (C=O) groups excluding carboxylic acids is 2. The zero-order valence-electron chi connectivity index (χ0n) is 19.2. The third-order valence-electron chi connectivity index (χ3n) is 6.37. The van der Waals surface area contributed by atoms with E-state index in [1.807, 2.05) is 26.0 Å². The summed E-state index contributed by atoms with van der Waals surface area (Å²) in [6, 6.07) is 10.4. The number of non-ortho nitro benzene ring substituents is 1. The number of likely N-dealkylation sites (tertiary alicyclic amines) is 1. The number of aliphatic hydroxyl groups excluding tert-OH is 1. The molecule has 0 bridgehead atoms. The minimum Gasteiger partial charge on any atom is -0.507 e. The van der Waals surface area contributed by atoms with Gasteiger partial charge in [-0.05, 0) is 43.2 Å². The molecule has 0 aliphatic carbocycles. The first-order chi connectivity index (χ1) is 16.3. The number of ketones is 1. The minimum atomic E-state index is -0.846. The molecule has 0 radical (unpaired) electrons. The Labute approximate surface area is 197 Å². The van der Waals surface area contributed by atoms with Gasteiger partial charge in [-0.2, -0.15) is 0 Å². The molecule has 9 heteroatoms. The lowest BCUT2D eigenvalue weighted by molar-refractivity contribution is -0.384. The van der Waals surface area contributed by atoms with E-state index >= 15 is 0 Å². The monoisotopic (exact) mass is 465 g/mol. The van der Waals surface area contributed by atoms with Gasteiger partial charge in [-0.1, -0.05) is 17.7 Å². The highest BCUT2D eigenvalue weighted by molar-refractivity contribution is 6.46. The summed E-state index contributed by atoms with van der Waals surface area (Å²) in [6.45, 7) is 7.20. The second kappa shape index (κ2) is 9.74. The molecule has 4 rings (SSSR count). The average Bonchev–Trinajstić information content (AvgIpc) is 3.09. The lowest BCUT2D eigenvalue weighted by Crippen LogP contribution is -2.42. The van der Waals surface area contributed by atoms with E-state index in [1.165, 1.54) is 29.2 Å². The van der Waals surface area contributed by atoms with E-state index in [1.54, 1.807) is 6.07 Å². The highest BCUT2D eigenvalue weighted by Gasteiger charge is 2.46. The molecule has 2 aromatic carbocycles. The Morgan fingerprint density at radius 2 is 1.76 bits per heavy atom. The zero-order chi connectivity index (χ0) is 24.4. The summed E-state index contributed by atoms with van der Waals surface area (Å²) in [7, 11) is 0. The van der Waals surface area contributed by atoms with Crippen LogP contribution in [0.2, 0.25) is 0 Å². The molecule has 34 heavy (non-hydrogen) atoms. The standard InChI is InChI=1S/C25H27N3O6/c1-16-3-4-17(2)20(15-16)23(29)21-22(18-5-7-19(8-6-18)28(32)33)27(25(31)24(21)30)10-9-26-11-13-34-14-12-26/h3-8,15,22,29H,9-14H2,1-2H3. The molecule has 2 aliphatic heterocycles. The van der Waals surface area contributed by atoms with E-state index in [2.05, 4.69) is 4.90 Å². The lowest BCUT2D eigenvalue weighted by atomic mass is 9.93. The Morgan fingerprint density at radius 1 is 1.09 bits per heavy atom. The molecule has 9 nitrogen and oxygen atoms in total. The van der Waals surface area contributed by atoms with Crippen LogP contribution >= 0.6 is 0 Å². The van der Waals surface area contributed by atoms with Crippen molar-refractivity contribution in [2.75, 3.05) is 39.4 Å². The number of hydrogen-bond acceptors (Lipinski definition) is 7. The molecule has 2 fully saturated rings. The summed E-state index contributed by atoms with van der Waals surface area (Å²) < 4.78 is 5.38. The third kappa shape index (κ3) is 4.57. The van der Waals surface area contributed by atoms with Crippen LogP contribution in [-0.4, -0.2) is 70.9 Å². The number of nitro benzene ring substituents is 1. The molecule has 0 aromatic heterocycles. The first-order valence-corrected chi connectivity index (χ1v) is 11.2. The molecule has 2 saturated heterocycles. The molecular weight excluding hydrogens is 438 g/mol. The number of hydrogen-bond donors (Lipinski definition) is 1. The maximum atomic E-state index is 13.2. The summed E-state index contributed by atoms with van der Waals surface area (Å²) in [4.78, 5) is 40.5. The van der Waals surface area contributed by atoms with Gasteiger partial charge in [0.2, 0.25) is 0 Å². The Hall–Kier alpha value is -3.56. The third-order valence-corrected chi connectivity index (χ3v) is 6.37. The van der Waals surface area contributed by atoms with E-state index in [9.17, 15) is 24.8 Å². The van der Waals surface area contributed by atoms with Crippen molar-refractivity contribution >= 4 is 23.1 Å². The Morgan fingerprint density at radius 3 is 2.41 bits per heavy atom. The van der Waals surface area contributed by atoms with E-state index in [-0.39, 0.29) is 23.6 Å². The Bertz CT molecular complexity index is 1150. The first-order valence-electron chi connectivity index (χ1n) is 11.2. The average molecular weight is 466 g/mol. The lowest BCUT2D eigenvalue weighted by Gasteiger charge is -2.31. The molecule has 2 aliphatic rings. The number of nitrogens with zero attached hydrogens (tertiary/aromatic N) is 3. The van der Waals surface area contributed by atoms with Crippen molar-refractivity contribution in [2.45, 2.75) is 19.9 Å². The van der Waals surface area contributed by atoms with Crippen molar-refractivity contribution in [1.29, 1.82) is 0 Å². The predicted octanol–water partition coefficient (Wildman–Crippen LogP) is 2.97. The summed E-state index contributed by atoms with van der Waals surface area (Å²) in [5, 5.41) is 22.4. The smallest absolute Gasteiger partial charge is 0.295 e. The molecule has 178 valence electrons. The Kier molecular flexibility index (Phi) is 6.76. The van der Waals surface area contributed by atoms with Crippen molar-refractivity contribution in [3.05, 3.63) is 80.4 Å². The van der Waals surface area contributed by atoms with Gasteiger partial charge in [0.05, 0.1) is 29.8 Å². The van der Waals surface area contributed by atoms with Crippen LogP contribution in [0.4, 0.5) is 5.69 Å². The normalized spacial score (nSPS) is 20.6. The van der Waals surface area contributed by atoms with Gasteiger partial charge in [-0.25, -0.2) is 0 Å². The molecule has 2 heterocycles. The van der Waals surface area contributed by atoms with Crippen LogP contribution in [0.15, 0.2) is 48.0 Å². The number of aliphatic hydroxyl groups is 1. The maximum Gasteiger partial charge on any atom is 0.295 e. The van der Waals surface area contributed by atoms with Gasteiger partial charge < -0.3 is 14.7 Å². The summed E-state index contributed by atoms with van der Waals surface area (Å²) in [5.74, 6) is -1.69. The molecular formula is C25H27N3O6. The topological polar surface area (TPSA) is 113 Å². The fourth-order valence-electron chi connectivity index (χ4n) is 4.45. The molecule has 1 amide bonds. The fraction of sp³-hybridized carbons (Fsp3) is 0.360. The number of nitro groups is 1. The van der Waals surface area contributed by atoms with Crippen LogP contribution in [-0.2, 0) is 14.3 Å². The van der Waals surface area contributed by atoms with Gasteiger partial charge in [0.1, 0.15) is 5.76 Å². The van der Waals surface area contributed by atoms with Gasteiger partial charge >= 0.3 is 0 Å². The van der Waals surface area contributed by atoms with Gasteiger partial charge in [0.15, 0.2) is 0 Å². The number of morpholine rings is 1. The summed E-state index contributed by atoms with van der Waals surface area (Å²) in [6.07, 6.45) is 0. The number of aryl methyl sites for hydroxylation is 2. The molecule has 1 N–H and O–H groups in total. The van der Waals surface area contributed by atoms with Crippen molar-refractivity contribution in [3.63, 3.8) is 0 Å². The first kappa shape index (κ1) is 23.6. The number of rotatable bonds is 6. The second-order valence-electron chi connectivity index (χ2n) is 8.61. The molecule has 1 unspecified atom stereocenters. The van der Waals surface area contributed by atoms with E-state index in [0.29, 0.717) is 30.9 Å². The van der Waals surface area contributed by atoms with Crippen LogP contribution in [0, 0.1) is 24.0 Å².